The Hall–Kier alpha value is -1.69. The molecule has 0 bridgehead atoms. The lowest BCUT2D eigenvalue weighted by molar-refractivity contribution is 0.260. The highest BCUT2D eigenvalue weighted by Crippen LogP contribution is 2.27. The van der Waals surface area contributed by atoms with Gasteiger partial charge in [-0.2, -0.15) is 10.1 Å². The summed E-state index contributed by atoms with van der Waals surface area (Å²) in [4.78, 5) is 4.46. The molecular weight excluding hydrogens is 230 g/mol. The van der Waals surface area contributed by atoms with Gasteiger partial charge in [0.15, 0.2) is 0 Å². The molecule has 6 heteroatoms. The molecule has 0 spiro atoms. The number of hydrogen-bond acceptors (Lipinski definition) is 5. The van der Waals surface area contributed by atoms with Crippen LogP contribution in [0.5, 0.6) is 0 Å². The highest BCUT2D eigenvalue weighted by atomic mass is 16.5. The van der Waals surface area contributed by atoms with E-state index in [-0.39, 0.29) is 6.04 Å². The summed E-state index contributed by atoms with van der Waals surface area (Å²) in [5, 5.41) is 11.5. The maximum atomic E-state index is 5.36. The van der Waals surface area contributed by atoms with Crippen LogP contribution in [-0.4, -0.2) is 26.5 Å². The molecule has 0 amide bonds. The second-order valence-corrected chi connectivity index (χ2v) is 5.00. The van der Waals surface area contributed by atoms with E-state index in [9.17, 15) is 0 Å². The summed E-state index contributed by atoms with van der Waals surface area (Å²) in [5.41, 5.74) is 0.886. The van der Waals surface area contributed by atoms with Gasteiger partial charge in [-0.25, -0.2) is 0 Å². The van der Waals surface area contributed by atoms with E-state index < -0.39 is 0 Å². The van der Waals surface area contributed by atoms with Crippen LogP contribution in [0.4, 0.5) is 0 Å². The second-order valence-electron chi connectivity index (χ2n) is 5.00. The molecule has 1 N–H and O–H groups in total. The quantitative estimate of drug-likeness (QED) is 0.871. The van der Waals surface area contributed by atoms with Gasteiger partial charge in [0.05, 0.1) is 17.8 Å². The highest BCUT2D eigenvalue weighted by molar-refractivity contribution is 5.51. The number of aromatic nitrogens is 4. The summed E-state index contributed by atoms with van der Waals surface area (Å²) in [6.45, 7) is 3.27. The lowest BCUT2D eigenvalue weighted by Crippen LogP contribution is -2.30. The van der Waals surface area contributed by atoms with Crippen molar-refractivity contribution < 1.29 is 4.52 Å². The van der Waals surface area contributed by atoms with Crippen molar-refractivity contribution in [1.82, 2.24) is 25.2 Å². The summed E-state index contributed by atoms with van der Waals surface area (Å²) in [6, 6.07) is 0.187. The van der Waals surface area contributed by atoms with Crippen LogP contribution in [0.25, 0.3) is 11.4 Å². The Balaban J connectivity index is 1.80. The Bertz CT molecular complexity index is 532. The molecule has 6 nitrogen and oxygen atoms in total. The average Bonchev–Trinajstić information content (AvgIpc) is 2.97. The van der Waals surface area contributed by atoms with Crippen LogP contribution in [-0.2, 0) is 7.05 Å². The average molecular weight is 247 g/mol. The predicted molar refractivity (Wildman–Crippen MR) is 65.6 cm³/mol. The molecule has 1 saturated heterocycles. The van der Waals surface area contributed by atoms with Gasteiger partial charge in [0, 0.05) is 13.2 Å². The van der Waals surface area contributed by atoms with Crippen molar-refractivity contribution >= 4 is 0 Å². The maximum absolute atomic E-state index is 5.36. The number of aryl methyl sites for hydroxylation is 1. The van der Waals surface area contributed by atoms with Crippen LogP contribution in [0.3, 0.4) is 0 Å². The molecule has 3 heterocycles. The molecule has 1 aliphatic heterocycles. The molecule has 2 aromatic heterocycles. The maximum Gasteiger partial charge on any atom is 0.244 e. The van der Waals surface area contributed by atoms with E-state index >= 15 is 0 Å². The monoisotopic (exact) mass is 247 g/mol. The largest absolute Gasteiger partial charge is 0.337 e. The molecule has 2 aromatic rings. The molecular formula is C12H17N5O. The molecule has 0 aromatic carbocycles. The van der Waals surface area contributed by atoms with Gasteiger partial charge in [0.25, 0.3) is 0 Å². The Morgan fingerprint density at radius 3 is 3.11 bits per heavy atom. The standard InChI is InChI=1S/C12H17N5O/c1-8-3-4-13-10(5-8)12-15-11(16-18-12)9-6-14-17(2)7-9/h6-8,10,13H,3-5H2,1-2H3. The van der Waals surface area contributed by atoms with Crippen molar-refractivity contribution in [2.45, 2.75) is 25.8 Å². The van der Waals surface area contributed by atoms with Crippen molar-refractivity contribution in [3.63, 3.8) is 0 Å². The topological polar surface area (TPSA) is 68.8 Å². The van der Waals surface area contributed by atoms with Gasteiger partial charge in [-0.05, 0) is 25.3 Å². The van der Waals surface area contributed by atoms with Gasteiger partial charge in [-0.3, -0.25) is 4.68 Å². The first-order valence-corrected chi connectivity index (χ1v) is 6.28. The number of nitrogens with zero attached hydrogens (tertiary/aromatic N) is 4. The van der Waals surface area contributed by atoms with Crippen molar-refractivity contribution in [3.05, 3.63) is 18.3 Å². The van der Waals surface area contributed by atoms with Crippen LogP contribution in [0.2, 0.25) is 0 Å². The fourth-order valence-corrected chi connectivity index (χ4v) is 2.33. The van der Waals surface area contributed by atoms with Gasteiger partial charge in [0.2, 0.25) is 11.7 Å². The van der Waals surface area contributed by atoms with E-state index in [0.29, 0.717) is 17.6 Å². The minimum Gasteiger partial charge on any atom is -0.337 e. The molecule has 0 radical (unpaired) electrons. The minimum atomic E-state index is 0.187. The van der Waals surface area contributed by atoms with Crippen LogP contribution in [0.1, 0.15) is 31.7 Å². The first kappa shape index (κ1) is 11.4. The van der Waals surface area contributed by atoms with Crippen LogP contribution < -0.4 is 5.32 Å². The molecule has 2 unspecified atom stereocenters. The predicted octanol–water partition coefficient (Wildman–Crippen LogP) is 1.53. The van der Waals surface area contributed by atoms with Gasteiger partial charge in [-0.1, -0.05) is 12.1 Å². The Morgan fingerprint density at radius 1 is 1.50 bits per heavy atom. The minimum absolute atomic E-state index is 0.187. The van der Waals surface area contributed by atoms with Gasteiger partial charge >= 0.3 is 0 Å². The van der Waals surface area contributed by atoms with Crippen molar-refractivity contribution in [1.29, 1.82) is 0 Å². The van der Waals surface area contributed by atoms with Crippen molar-refractivity contribution in [2.75, 3.05) is 6.54 Å². The summed E-state index contributed by atoms with van der Waals surface area (Å²) in [7, 11) is 1.87. The second kappa shape index (κ2) is 4.53. The first-order valence-electron chi connectivity index (χ1n) is 6.28. The molecule has 96 valence electrons. The molecule has 3 rings (SSSR count). The van der Waals surface area contributed by atoms with E-state index in [1.54, 1.807) is 10.9 Å². The summed E-state index contributed by atoms with van der Waals surface area (Å²) in [5.74, 6) is 1.99. The third-order valence-electron chi connectivity index (χ3n) is 3.37. The highest BCUT2D eigenvalue weighted by Gasteiger charge is 2.25. The number of hydrogen-bond donors (Lipinski definition) is 1. The number of nitrogens with one attached hydrogen (secondary N) is 1. The molecule has 1 aliphatic rings. The summed E-state index contributed by atoms with van der Waals surface area (Å²) >= 11 is 0. The zero-order valence-corrected chi connectivity index (χ0v) is 10.6. The Labute approximate surface area is 105 Å². The van der Waals surface area contributed by atoms with E-state index in [4.69, 9.17) is 4.52 Å². The first-order chi connectivity index (χ1) is 8.72. The third kappa shape index (κ3) is 2.15. The normalized spacial score (nSPS) is 24.3. The zero-order valence-electron chi connectivity index (χ0n) is 10.6. The molecule has 1 fully saturated rings. The van der Waals surface area contributed by atoms with E-state index in [1.807, 2.05) is 13.2 Å². The van der Waals surface area contributed by atoms with Gasteiger partial charge in [-0.15, -0.1) is 0 Å². The summed E-state index contributed by atoms with van der Waals surface area (Å²) in [6.07, 6.45) is 5.88. The van der Waals surface area contributed by atoms with Crippen molar-refractivity contribution in [2.24, 2.45) is 13.0 Å². The molecule has 0 saturated carbocycles. The molecule has 0 aliphatic carbocycles. The number of piperidine rings is 1. The SMILES string of the molecule is CC1CCNC(c2nc(-c3cnn(C)c3)no2)C1. The van der Waals surface area contributed by atoms with Crippen molar-refractivity contribution in [3.8, 4) is 11.4 Å². The lowest BCUT2D eigenvalue weighted by Gasteiger charge is -2.25. The third-order valence-corrected chi connectivity index (χ3v) is 3.37. The molecule has 2 atom stereocenters. The Kier molecular flexibility index (Phi) is 2.87. The van der Waals surface area contributed by atoms with E-state index in [0.717, 1.165) is 18.5 Å². The van der Waals surface area contributed by atoms with E-state index in [1.165, 1.54) is 6.42 Å². The smallest absolute Gasteiger partial charge is 0.244 e. The molecule has 18 heavy (non-hydrogen) atoms. The van der Waals surface area contributed by atoms with Crippen LogP contribution in [0, 0.1) is 5.92 Å². The van der Waals surface area contributed by atoms with E-state index in [2.05, 4.69) is 27.5 Å². The summed E-state index contributed by atoms with van der Waals surface area (Å²) < 4.78 is 7.08. The van der Waals surface area contributed by atoms with Gasteiger partial charge in [0.1, 0.15) is 0 Å². The fourth-order valence-electron chi connectivity index (χ4n) is 2.33. The lowest BCUT2D eigenvalue weighted by atomic mass is 9.94. The number of rotatable bonds is 2. The fraction of sp³-hybridized carbons (Fsp3) is 0.583. The van der Waals surface area contributed by atoms with Gasteiger partial charge < -0.3 is 9.84 Å². The van der Waals surface area contributed by atoms with Crippen LogP contribution >= 0.6 is 0 Å². The Morgan fingerprint density at radius 2 is 2.39 bits per heavy atom. The van der Waals surface area contributed by atoms with Crippen LogP contribution in [0.15, 0.2) is 16.9 Å². The zero-order chi connectivity index (χ0) is 12.5.